The number of carboxylic acid groups (broad SMARTS) is 1. The quantitative estimate of drug-likeness (QED) is 0.662. The highest BCUT2D eigenvalue weighted by Crippen LogP contribution is 2.34. The van der Waals surface area contributed by atoms with E-state index in [0.717, 1.165) is 18.2 Å². The Morgan fingerprint density at radius 3 is 2.14 bits per heavy atom. The van der Waals surface area contributed by atoms with Crippen LogP contribution in [0.1, 0.15) is 10.4 Å². The van der Waals surface area contributed by atoms with Crippen LogP contribution in [-0.4, -0.2) is 20.9 Å². The Balaban J connectivity index is 2.34. The van der Waals surface area contributed by atoms with Crippen LogP contribution in [0.25, 0.3) is 0 Å². The Morgan fingerprint density at radius 2 is 1.64 bits per heavy atom. The molecule has 2 aromatic carbocycles. The van der Waals surface area contributed by atoms with Crippen LogP contribution in [0.5, 0.6) is 11.5 Å². The molecule has 0 heterocycles. The molecular formula is C13H8N2O7. The fraction of sp³-hybridized carbons (Fsp3) is 0. The summed E-state index contributed by atoms with van der Waals surface area (Å²) in [5.74, 6) is -1.13. The largest absolute Gasteiger partial charge is 0.478 e. The highest BCUT2D eigenvalue weighted by Gasteiger charge is 2.21. The lowest BCUT2D eigenvalue weighted by Gasteiger charge is -2.06. The average molecular weight is 304 g/mol. The Kier molecular flexibility index (Phi) is 3.98. The molecule has 2 rings (SSSR count). The van der Waals surface area contributed by atoms with Gasteiger partial charge in [0, 0.05) is 6.07 Å². The summed E-state index contributed by atoms with van der Waals surface area (Å²) in [6, 6.07) is 8.18. The first-order valence-electron chi connectivity index (χ1n) is 5.82. The van der Waals surface area contributed by atoms with E-state index in [0.29, 0.717) is 0 Å². The van der Waals surface area contributed by atoms with E-state index in [4.69, 9.17) is 9.84 Å². The number of non-ortho nitro benzene ring substituents is 1. The maximum absolute atomic E-state index is 11.0. The molecule has 0 amide bonds. The third-order valence-electron chi connectivity index (χ3n) is 2.68. The molecule has 9 heteroatoms. The lowest BCUT2D eigenvalue weighted by Crippen LogP contribution is -1.97. The summed E-state index contributed by atoms with van der Waals surface area (Å²) in [6.07, 6.45) is 0. The van der Waals surface area contributed by atoms with Gasteiger partial charge in [-0.2, -0.15) is 0 Å². The van der Waals surface area contributed by atoms with Gasteiger partial charge in [-0.3, -0.25) is 20.2 Å². The minimum absolute atomic E-state index is 0.0329. The zero-order chi connectivity index (χ0) is 16.3. The van der Waals surface area contributed by atoms with E-state index in [1.54, 1.807) is 0 Å². The second-order valence-electron chi connectivity index (χ2n) is 4.10. The van der Waals surface area contributed by atoms with E-state index < -0.39 is 27.2 Å². The second-order valence-corrected chi connectivity index (χ2v) is 4.10. The molecule has 1 N–H and O–H groups in total. The Hall–Kier alpha value is -3.49. The van der Waals surface area contributed by atoms with Gasteiger partial charge in [0.1, 0.15) is 5.75 Å². The lowest BCUT2D eigenvalue weighted by atomic mass is 10.2. The van der Waals surface area contributed by atoms with Gasteiger partial charge in [-0.1, -0.05) is 0 Å². The number of nitro benzene ring substituents is 2. The molecule has 0 aliphatic rings. The molecule has 0 radical (unpaired) electrons. The predicted octanol–water partition coefficient (Wildman–Crippen LogP) is 2.99. The van der Waals surface area contributed by atoms with Crippen molar-refractivity contribution in [2.45, 2.75) is 0 Å². The van der Waals surface area contributed by atoms with Gasteiger partial charge in [-0.15, -0.1) is 0 Å². The summed E-state index contributed by atoms with van der Waals surface area (Å²) in [7, 11) is 0. The standard InChI is InChI=1S/C13H8N2O7/c16-13(17)8-1-4-10(5-2-8)22-12-6-3-9(14(18)19)7-11(12)15(20)21/h1-7H,(H,16,17). The third-order valence-corrected chi connectivity index (χ3v) is 2.68. The van der Waals surface area contributed by atoms with Crippen molar-refractivity contribution in [3.8, 4) is 11.5 Å². The smallest absolute Gasteiger partial charge is 0.335 e. The highest BCUT2D eigenvalue weighted by molar-refractivity contribution is 5.87. The highest BCUT2D eigenvalue weighted by atomic mass is 16.6. The number of nitro groups is 2. The van der Waals surface area contributed by atoms with Gasteiger partial charge in [-0.25, -0.2) is 4.79 Å². The molecule has 0 aromatic heterocycles. The fourth-order valence-electron chi connectivity index (χ4n) is 1.64. The van der Waals surface area contributed by atoms with Gasteiger partial charge in [0.15, 0.2) is 0 Å². The van der Waals surface area contributed by atoms with Gasteiger partial charge >= 0.3 is 11.7 Å². The molecule has 0 bridgehead atoms. The third kappa shape index (κ3) is 3.15. The Bertz CT molecular complexity index is 755. The number of ether oxygens (including phenoxy) is 1. The maximum Gasteiger partial charge on any atom is 0.335 e. The first kappa shape index (κ1) is 14.9. The van der Waals surface area contributed by atoms with Crippen LogP contribution in [-0.2, 0) is 0 Å². The number of carboxylic acids is 1. The van der Waals surface area contributed by atoms with Crippen molar-refractivity contribution in [3.63, 3.8) is 0 Å². The normalized spacial score (nSPS) is 10.0. The zero-order valence-corrected chi connectivity index (χ0v) is 10.8. The van der Waals surface area contributed by atoms with Crippen molar-refractivity contribution < 1.29 is 24.5 Å². The molecule has 22 heavy (non-hydrogen) atoms. The average Bonchev–Trinajstić information content (AvgIpc) is 2.47. The van der Waals surface area contributed by atoms with Crippen LogP contribution < -0.4 is 4.74 Å². The first-order valence-corrected chi connectivity index (χ1v) is 5.82. The van der Waals surface area contributed by atoms with E-state index in [2.05, 4.69) is 0 Å². The van der Waals surface area contributed by atoms with Crippen LogP contribution in [0, 0.1) is 20.2 Å². The number of rotatable bonds is 5. The van der Waals surface area contributed by atoms with Crippen molar-refractivity contribution in [1.82, 2.24) is 0 Å². The molecule has 0 saturated heterocycles. The predicted molar refractivity (Wildman–Crippen MR) is 73.2 cm³/mol. The van der Waals surface area contributed by atoms with Crippen molar-refractivity contribution in [1.29, 1.82) is 0 Å². The summed E-state index contributed by atoms with van der Waals surface area (Å²) in [5, 5.41) is 30.4. The molecule has 0 aliphatic carbocycles. The van der Waals surface area contributed by atoms with Crippen LogP contribution >= 0.6 is 0 Å². The molecule has 0 atom stereocenters. The van der Waals surface area contributed by atoms with Crippen molar-refractivity contribution in [2.75, 3.05) is 0 Å². The number of aromatic carboxylic acids is 1. The minimum Gasteiger partial charge on any atom is -0.478 e. The Labute approximate surface area is 122 Å². The molecule has 0 fully saturated rings. The van der Waals surface area contributed by atoms with Crippen molar-refractivity contribution in [2.24, 2.45) is 0 Å². The molecule has 0 aliphatic heterocycles. The topological polar surface area (TPSA) is 133 Å². The van der Waals surface area contributed by atoms with Gasteiger partial charge in [0.2, 0.25) is 5.75 Å². The lowest BCUT2D eigenvalue weighted by molar-refractivity contribution is -0.394. The Morgan fingerprint density at radius 1 is 1.00 bits per heavy atom. The van der Waals surface area contributed by atoms with Crippen LogP contribution in [0.3, 0.4) is 0 Å². The molecule has 0 unspecified atom stereocenters. The minimum atomic E-state index is -1.12. The molecule has 0 spiro atoms. The summed E-state index contributed by atoms with van der Waals surface area (Å²) < 4.78 is 5.28. The first-order chi connectivity index (χ1) is 10.4. The number of hydrogen-bond acceptors (Lipinski definition) is 6. The fourth-order valence-corrected chi connectivity index (χ4v) is 1.64. The van der Waals surface area contributed by atoms with Gasteiger partial charge < -0.3 is 9.84 Å². The van der Waals surface area contributed by atoms with Crippen LogP contribution in [0.2, 0.25) is 0 Å². The number of carbonyl (C=O) groups is 1. The van der Waals surface area contributed by atoms with Gasteiger partial charge in [0.25, 0.3) is 5.69 Å². The second kappa shape index (κ2) is 5.87. The SMILES string of the molecule is O=C(O)c1ccc(Oc2ccc([N+](=O)[O-])cc2[N+](=O)[O-])cc1. The summed E-state index contributed by atoms with van der Waals surface area (Å²) in [6.45, 7) is 0. The maximum atomic E-state index is 11.0. The summed E-state index contributed by atoms with van der Waals surface area (Å²) in [5.41, 5.74) is -0.956. The number of hydrogen-bond donors (Lipinski definition) is 1. The monoisotopic (exact) mass is 304 g/mol. The summed E-state index contributed by atoms with van der Waals surface area (Å²) >= 11 is 0. The number of nitrogens with zero attached hydrogens (tertiary/aromatic N) is 2. The van der Waals surface area contributed by atoms with Crippen LogP contribution in [0.15, 0.2) is 42.5 Å². The van der Waals surface area contributed by atoms with E-state index in [1.165, 1.54) is 24.3 Å². The van der Waals surface area contributed by atoms with E-state index >= 15 is 0 Å². The van der Waals surface area contributed by atoms with Crippen molar-refractivity contribution >= 4 is 17.3 Å². The van der Waals surface area contributed by atoms with Gasteiger partial charge in [-0.05, 0) is 30.3 Å². The molecular weight excluding hydrogens is 296 g/mol. The van der Waals surface area contributed by atoms with E-state index in [-0.39, 0.29) is 17.1 Å². The van der Waals surface area contributed by atoms with E-state index in [1.807, 2.05) is 0 Å². The van der Waals surface area contributed by atoms with E-state index in [9.17, 15) is 25.0 Å². The molecule has 112 valence electrons. The molecule has 9 nitrogen and oxygen atoms in total. The zero-order valence-electron chi connectivity index (χ0n) is 10.8. The van der Waals surface area contributed by atoms with Crippen LogP contribution in [0.4, 0.5) is 11.4 Å². The van der Waals surface area contributed by atoms with Crippen molar-refractivity contribution in [3.05, 3.63) is 68.3 Å². The summed E-state index contributed by atoms with van der Waals surface area (Å²) in [4.78, 5) is 30.8. The molecule has 2 aromatic rings. The molecule has 0 saturated carbocycles. The van der Waals surface area contributed by atoms with Gasteiger partial charge in [0.05, 0.1) is 21.5 Å². The number of benzene rings is 2.